The van der Waals surface area contributed by atoms with E-state index in [-0.39, 0.29) is 11.9 Å². The molecule has 0 unspecified atom stereocenters. The molecule has 0 heterocycles. The number of carbonyl (C=O) groups is 1. The summed E-state index contributed by atoms with van der Waals surface area (Å²) in [6.45, 7) is 5.51. The molecular formula is C20H26N2O3S. The predicted molar refractivity (Wildman–Crippen MR) is 106 cm³/mol. The van der Waals surface area contributed by atoms with Gasteiger partial charge in [0.15, 0.2) is 0 Å². The number of anilines is 1. The highest BCUT2D eigenvalue weighted by atomic mass is 32.2. The van der Waals surface area contributed by atoms with E-state index in [9.17, 15) is 13.2 Å². The Morgan fingerprint density at radius 2 is 1.62 bits per heavy atom. The summed E-state index contributed by atoms with van der Waals surface area (Å²) in [5.41, 5.74) is 2.56. The van der Waals surface area contributed by atoms with Crippen LogP contribution in [0.15, 0.2) is 54.6 Å². The van der Waals surface area contributed by atoms with Crippen molar-refractivity contribution in [1.29, 1.82) is 0 Å². The Labute approximate surface area is 156 Å². The van der Waals surface area contributed by atoms with Crippen LogP contribution in [0.25, 0.3) is 0 Å². The zero-order valence-corrected chi connectivity index (χ0v) is 16.5. The Morgan fingerprint density at radius 3 is 2.12 bits per heavy atom. The van der Waals surface area contributed by atoms with Gasteiger partial charge in [-0.05, 0) is 43.5 Å². The van der Waals surface area contributed by atoms with Gasteiger partial charge < -0.3 is 5.32 Å². The van der Waals surface area contributed by atoms with Gasteiger partial charge in [0.25, 0.3) is 0 Å². The summed E-state index contributed by atoms with van der Waals surface area (Å²) < 4.78 is 25.8. The summed E-state index contributed by atoms with van der Waals surface area (Å²) in [4.78, 5) is 12.7. The van der Waals surface area contributed by atoms with Crippen LogP contribution in [0.3, 0.4) is 0 Å². The molecule has 0 aliphatic rings. The van der Waals surface area contributed by atoms with Gasteiger partial charge in [-0.1, -0.05) is 49.4 Å². The number of amides is 1. The third-order valence-electron chi connectivity index (χ3n) is 4.35. The Bertz CT molecular complexity index is 833. The van der Waals surface area contributed by atoms with E-state index in [4.69, 9.17) is 0 Å². The zero-order valence-electron chi connectivity index (χ0n) is 15.6. The molecule has 0 saturated heterocycles. The van der Waals surface area contributed by atoms with Gasteiger partial charge in [0.05, 0.1) is 18.0 Å². The van der Waals surface area contributed by atoms with Crippen molar-refractivity contribution in [2.24, 2.45) is 0 Å². The number of benzene rings is 2. The third kappa shape index (κ3) is 4.85. The van der Waals surface area contributed by atoms with E-state index >= 15 is 0 Å². The fraction of sp³-hybridized carbons (Fsp3) is 0.350. The molecule has 2 rings (SSSR count). The number of rotatable bonds is 7. The van der Waals surface area contributed by atoms with Crippen LogP contribution in [0.4, 0.5) is 5.69 Å². The van der Waals surface area contributed by atoms with Crippen LogP contribution >= 0.6 is 0 Å². The molecule has 0 radical (unpaired) electrons. The first-order valence-corrected chi connectivity index (χ1v) is 10.5. The fourth-order valence-corrected chi connectivity index (χ4v) is 4.02. The van der Waals surface area contributed by atoms with Crippen molar-refractivity contribution in [3.63, 3.8) is 0 Å². The summed E-state index contributed by atoms with van der Waals surface area (Å²) in [6, 6.07) is 15.7. The molecule has 5 nitrogen and oxygen atoms in total. The van der Waals surface area contributed by atoms with Gasteiger partial charge in [0.2, 0.25) is 15.9 Å². The quantitative estimate of drug-likeness (QED) is 0.809. The van der Waals surface area contributed by atoms with E-state index in [1.165, 1.54) is 4.31 Å². The molecule has 0 aromatic heterocycles. The minimum atomic E-state index is -3.61. The SMILES string of the molecule is CCc1ccc(N([C@@H](C)C(=O)N[C@@H](C)c2ccccc2)S(C)(=O)=O)cc1. The maximum absolute atomic E-state index is 12.7. The molecule has 26 heavy (non-hydrogen) atoms. The molecular weight excluding hydrogens is 348 g/mol. The van der Waals surface area contributed by atoms with Gasteiger partial charge in [-0.25, -0.2) is 8.42 Å². The van der Waals surface area contributed by atoms with Crippen LogP contribution in [0.2, 0.25) is 0 Å². The number of sulfonamides is 1. The second-order valence-corrected chi connectivity index (χ2v) is 8.26. The fourth-order valence-electron chi connectivity index (χ4n) is 2.85. The lowest BCUT2D eigenvalue weighted by Crippen LogP contribution is -2.48. The van der Waals surface area contributed by atoms with Crippen LogP contribution in [-0.4, -0.2) is 26.6 Å². The average Bonchev–Trinajstić information content (AvgIpc) is 2.61. The van der Waals surface area contributed by atoms with Crippen LogP contribution in [0.1, 0.15) is 37.9 Å². The molecule has 140 valence electrons. The van der Waals surface area contributed by atoms with Crippen LogP contribution < -0.4 is 9.62 Å². The first-order valence-electron chi connectivity index (χ1n) is 8.67. The Morgan fingerprint density at radius 1 is 1.04 bits per heavy atom. The maximum Gasteiger partial charge on any atom is 0.244 e. The molecule has 0 saturated carbocycles. The van der Waals surface area contributed by atoms with Gasteiger partial charge in [-0.2, -0.15) is 0 Å². The highest BCUT2D eigenvalue weighted by molar-refractivity contribution is 7.92. The minimum Gasteiger partial charge on any atom is -0.348 e. The molecule has 1 amide bonds. The zero-order chi connectivity index (χ0) is 19.3. The van der Waals surface area contributed by atoms with Gasteiger partial charge >= 0.3 is 0 Å². The molecule has 0 fully saturated rings. The normalized spacial score (nSPS) is 13.7. The molecule has 0 spiro atoms. The van der Waals surface area contributed by atoms with Gasteiger partial charge in [0.1, 0.15) is 6.04 Å². The number of aryl methyl sites for hydroxylation is 1. The van der Waals surface area contributed by atoms with Gasteiger partial charge in [0, 0.05) is 0 Å². The maximum atomic E-state index is 12.7. The number of carbonyl (C=O) groups excluding carboxylic acids is 1. The summed E-state index contributed by atoms with van der Waals surface area (Å²) in [5.74, 6) is -0.341. The van der Waals surface area contributed by atoms with Crippen molar-refractivity contribution < 1.29 is 13.2 Å². The molecule has 0 bridgehead atoms. The standard InChI is InChI=1S/C20H26N2O3S/c1-5-17-11-13-19(14-12-17)22(26(4,24)25)16(3)20(23)21-15(2)18-9-7-6-8-10-18/h6-16H,5H2,1-4H3,(H,21,23)/t15-,16-/m0/s1. The van der Waals surface area contributed by atoms with Crippen molar-refractivity contribution in [3.05, 3.63) is 65.7 Å². The summed E-state index contributed by atoms with van der Waals surface area (Å²) in [7, 11) is -3.61. The molecule has 2 aromatic rings. The summed E-state index contributed by atoms with van der Waals surface area (Å²) in [5, 5.41) is 2.90. The number of nitrogens with zero attached hydrogens (tertiary/aromatic N) is 1. The Balaban J connectivity index is 2.23. The molecule has 0 aliphatic heterocycles. The first kappa shape index (κ1) is 20.0. The van der Waals surface area contributed by atoms with Crippen molar-refractivity contribution in [2.75, 3.05) is 10.6 Å². The third-order valence-corrected chi connectivity index (χ3v) is 5.59. The molecule has 6 heteroatoms. The second-order valence-electron chi connectivity index (χ2n) is 6.40. The average molecular weight is 375 g/mol. The van der Waals surface area contributed by atoms with E-state index in [2.05, 4.69) is 5.32 Å². The van der Waals surface area contributed by atoms with Crippen LogP contribution in [0.5, 0.6) is 0 Å². The van der Waals surface area contributed by atoms with Crippen LogP contribution in [0, 0.1) is 0 Å². The summed E-state index contributed by atoms with van der Waals surface area (Å²) in [6.07, 6.45) is 1.98. The lowest BCUT2D eigenvalue weighted by atomic mass is 10.1. The lowest BCUT2D eigenvalue weighted by Gasteiger charge is -2.29. The van der Waals surface area contributed by atoms with Gasteiger partial charge in [-0.3, -0.25) is 9.10 Å². The van der Waals surface area contributed by atoms with E-state index < -0.39 is 16.1 Å². The van der Waals surface area contributed by atoms with E-state index in [0.29, 0.717) is 5.69 Å². The van der Waals surface area contributed by atoms with E-state index in [1.807, 2.05) is 56.3 Å². The van der Waals surface area contributed by atoms with Crippen molar-refractivity contribution in [1.82, 2.24) is 5.32 Å². The van der Waals surface area contributed by atoms with Gasteiger partial charge in [-0.15, -0.1) is 0 Å². The Kier molecular flexibility index (Phi) is 6.42. The van der Waals surface area contributed by atoms with E-state index in [1.54, 1.807) is 19.1 Å². The summed E-state index contributed by atoms with van der Waals surface area (Å²) >= 11 is 0. The molecule has 0 aliphatic carbocycles. The molecule has 1 N–H and O–H groups in total. The minimum absolute atomic E-state index is 0.213. The number of hydrogen-bond acceptors (Lipinski definition) is 3. The van der Waals surface area contributed by atoms with Crippen LogP contribution in [-0.2, 0) is 21.2 Å². The monoisotopic (exact) mass is 374 g/mol. The van der Waals surface area contributed by atoms with E-state index in [0.717, 1.165) is 23.8 Å². The lowest BCUT2D eigenvalue weighted by molar-refractivity contribution is -0.122. The molecule has 2 atom stereocenters. The van der Waals surface area contributed by atoms with Crippen molar-refractivity contribution in [2.45, 2.75) is 39.3 Å². The highest BCUT2D eigenvalue weighted by Gasteiger charge is 2.29. The van der Waals surface area contributed by atoms with Crippen molar-refractivity contribution >= 4 is 21.6 Å². The highest BCUT2D eigenvalue weighted by Crippen LogP contribution is 2.22. The Hall–Kier alpha value is -2.34. The number of nitrogens with one attached hydrogen (secondary N) is 1. The number of hydrogen-bond donors (Lipinski definition) is 1. The smallest absolute Gasteiger partial charge is 0.244 e. The first-order chi connectivity index (χ1) is 12.2. The second kappa shape index (κ2) is 8.36. The predicted octanol–water partition coefficient (Wildman–Crippen LogP) is 3.28. The molecule has 2 aromatic carbocycles. The van der Waals surface area contributed by atoms with Crippen molar-refractivity contribution in [3.8, 4) is 0 Å². The largest absolute Gasteiger partial charge is 0.348 e. The topological polar surface area (TPSA) is 66.5 Å².